The third kappa shape index (κ3) is 4.43. The quantitative estimate of drug-likeness (QED) is 0.826. The molecule has 0 bridgehead atoms. The fraction of sp³-hybridized carbons (Fsp3) is 0.350. The third-order valence-corrected chi connectivity index (χ3v) is 5.30. The van der Waals surface area contributed by atoms with Crippen LogP contribution in [-0.4, -0.2) is 37.1 Å². The van der Waals surface area contributed by atoms with Crippen molar-refractivity contribution in [3.63, 3.8) is 0 Å². The van der Waals surface area contributed by atoms with Crippen LogP contribution in [0.3, 0.4) is 0 Å². The van der Waals surface area contributed by atoms with Gasteiger partial charge in [-0.05, 0) is 48.7 Å². The number of nitrogens with one attached hydrogen (secondary N) is 1. The van der Waals surface area contributed by atoms with Gasteiger partial charge in [-0.3, -0.25) is 0 Å². The summed E-state index contributed by atoms with van der Waals surface area (Å²) < 4.78 is 0. The fourth-order valence-electron chi connectivity index (χ4n) is 3.16. The lowest BCUT2D eigenvalue weighted by Crippen LogP contribution is -2.51. The van der Waals surface area contributed by atoms with Gasteiger partial charge in [-0.25, -0.2) is 4.79 Å². The average Bonchev–Trinajstić information content (AvgIpc) is 2.63. The molecular formula is C20H23Cl2N3O. The Hall–Kier alpha value is -1.91. The number of nitrogens with zero attached hydrogens (tertiary/aromatic N) is 2. The van der Waals surface area contributed by atoms with Gasteiger partial charge in [-0.1, -0.05) is 41.4 Å². The van der Waals surface area contributed by atoms with Crippen LogP contribution in [0.2, 0.25) is 10.0 Å². The first kappa shape index (κ1) is 18.9. The predicted molar refractivity (Wildman–Crippen MR) is 108 cm³/mol. The minimum Gasteiger partial charge on any atom is -0.368 e. The van der Waals surface area contributed by atoms with E-state index in [-0.39, 0.29) is 6.03 Å². The summed E-state index contributed by atoms with van der Waals surface area (Å²) in [4.78, 5) is 16.6. The maximum Gasteiger partial charge on any atom is 0.317 e. The van der Waals surface area contributed by atoms with Gasteiger partial charge in [0.1, 0.15) is 0 Å². The van der Waals surface area contributed by atoms with Crippen molar-refractivity contribution < 1.29 is 4.79 Å². The van der Waals surface area contributed by atoms with Crippen LogP contribution in [-0.2, 0) is 6.54 Å². The van der Waals surface area contributed by atoms with Gasteiger partial charge in [-0.2, -0.15) is 0 Å². The Balaban J connectivity index is 1.54. The molecule has 1 N–H and O–H groups in total. The van der Waals surface area contributed by atoms with Crippen molar-refractivity contribution in [2.45, 2.75) is 20.4 Å². The van der Waals surface area contributed by atoms with Crippen molar-refractivity contribution in [1.29, 1.82) is 0 Å². The number of hydrogen-bond donors (Lipinski definition) is 1. The summed E-state index contributed by atoms with van der Waals surface area (Å²) in [6.07, 6.45) is 0. The number of carbonyl (C=O) groups is 1. The first-order valence-corrected chi connectivity index (χ1v) is 9.48. The molecule has 6 heteroatoms. The van der Waals surface area contributed by atoms with E-state index in [1.807, 2.05) is 11.0 Å². The summed E-state index contributed by atoms with van der Waals surface area (Å²) in [5.74, 6) is 0. The SMILES string of the molecule is Cc1ccc(C)c(N2CCN(C(=O)NCc3ccc(Cl)cc3Cl)CC2)c1. The van der Waals surface area contributed by atoms with E-state index in [0.717, 1.165) is 18.7 Å². The summed E-state index contributed by atoms with van der Waals surface area (Å²) in [5.41, 5.74) is 4.65. The Kier molecular flexibility index (Phi) is 5.94. The standard InChI is InChI=1S/C20H23Cl2N3O/c1-14-3-4-15(2)19(11-14)24-7-9-25(10-8-24)20(26)23-13-16-5-6-17(21)12-18(16)22/h3-6,11-12H,7-10,13H2,1-2H3,(H,23,26). The van der Waals surface area contributed by atoms with Crippen LogP contribution in [0.4, 0.5) is 10.5 Å². The Labute approximate surface area is 164 Å². The van der Waals surface area contributed by atoms with E-state index in [0.29, 0.717) is 29.7 Å². The largest absolute Gasteiger partial charge is 0.368 e. The Morgan fingerprint density at radius 1 is 1.04 bits per heavy atom. The van der Waals surface area contributed by atoms with Gasteiger partial charge in [0.2, 0.25) is 0 Å². The van der Waals surface area contributed by atoms with Crippen LogP contribution in [0.1, 0.15) is 16.7 Å². The van der Waals surface area contributed by atoms with E-state index in [1.165, 1.54) is 16.8 Å². The molecular weight excluding hydrogens is 369 g/mol. The topological polar surface area (TPSA) is 35.6 Å². The lowest BCUT2D eigenvalue weighted by atomic mass is 10.1. The molecule has 138 valence electrons. The Morgan fingerprint density at radius 2 is 1.77 bits per heavy atom. The molecule has 1 saturated heterocycles. The Morgan fingerprint density at radius 3 is 2.46 bits per heavy atom. The number of aryl methyl sites for hydroxylation is 2. The summed E-state index contributed by atoms with van der Waals surface area (Å²) in [6, 6.07) is 11.7. The van der Waals surface area contributed by atoms with Gasteiger partial charge < -0.3 is 15.1 Å². The van der Waals surface area contributed by atoms with Crippen LogP contribution in [0, 0.1) is 13.8 Å². The molecule has 2 aromatic rings. The van der Waals surface area contributed by atoms with Crippen molar-refractivity contribution in [2.75, 3.05) is 31.1 Å². The van der Waals surface area contributed by atoms with Gasteiger partial charge in [0.05, 0.1) is 0 Å². The van der Waals surface area contributed by atoms with Crippen molar-refractivity contribution in [3.8, 4) is 0 Å². The number of halogens is 2. The minimum absolute atomic E-state index is 0.0587. The molecule has 0 atom stereocenters. The Bertz CT molecular complexity index is 802. The van der Waals surface area contributed by atoms with Gasteiger partial charge in [0.15, 0.2) is 0 Å². The molecule has 1 fully saturated rings. The van der Waals surface area contributed by atoms with Gasteiger partial charge in [-0.15, -0.1) is 0 Å². The highest BCUT2D eigenvalue weighted by molar-refractivity contribution is 6.35. The number of carbonyl (C=O) groups excluding carboxylic acids is 1. The molecule has 3 rings (SSSR count). The zero-order valence-electron chi connectivity index (χ0n) is 15.1. The molecule has 0 aromatic heterocycles. The average molecular weight is 392 g/mol. The fourth-order valence-corrected chi connectivity index (χ4v) is 3.63. The van der Waals surface area contributed by atoms with E-state index < -0.39 is 0 Å². The molecule has 4 nitrogen and oxygen atoms in total. The van der Waals surface area contributed by atoms with E-state index in [4.69, 9.17) is 23.2 Å². The number of benzene rings is 2. The molecule has 1 heterocycles. The number of amides is 2. The van der Waals surface area contributed by atoms with Crippen LogP contribution < -0.4 is 10.2 Å². The van der Waals surface area contributed by atoms with Gasteiger partial charge in [0, 0.05) is 48.5 Å². The number of hydrogen-bond acceptors (Lipinski definition) is 2. The minimum atomic E-state index is -0.0587. The highest BCUT2D eigenvalue weighted by Gasteiger charge is 2.22. The normalized spacial score (nSPS) is 14.5. The van der Waals surface area contributed by atoms with Crippen LogP contribution >= 0.6 is 23.2 Å². The molecule has 0 radical (unpaired) electrons. The first-order chi connectivity index (χ1) is 12.4. The molecule has 0 spiro atoms. The van der Waals surface area contributed by atoms with E-state index in [2.05, 4.69) is 42.3 Å². The number of piperazine rings is 1. The number of urea groups is 1. The van der Waals surface area contributed by atoms with Gasteiger partial charge >= 0.3 is 6.03 Å². The van der Waals surface area contributed by atoms with Crippen LogP contribution in [0.15, 0.2) is 36.4 Å². The van der Waals surface area contributed by atoms with Gasteiger partial charge in [0.25, 0.3) is 0 Å². The monoisotopic (exact) mass is 391 g/mol. The van der Waals surface area contributed by atoms with Crippen LogP contribution in [0.25, 0.3) is 0 Å². The number of anilines is 1. The zero-order chi connectivity index (χ0) is 18.7. The van der Waals surface area contributed by atoms with E-state index in [9.17, 15) is 4.79 Å². The molecule has 0 aliphatic carbocycles. The molecule has 1 aliphatic rings. The highest BCUT2D eigenvalue weighted by Crippen LogP contribution is 2.23. The summed E-state index contributed by atoms with van der Waals surface area (Å²) >= 11 is 12.1. The summed E-state index contributed by atoms with van der Waals surface area (Å²) in [7, 11) is 0. The molecule has 1 aliphatic heterocycles. The summed E-state index contributed by atoms with van der Waals surface area (Å²) in [5, 5.41) is 4.10. The molecule has 2 amide bonds. The molecule has 2 aromatic carbocycles. The zero-order valence-corrected chi connectivity index (χ0v) is 16.6. The van der Waals surface area contributed by atoms with E-state index >= 15 is 0 Å². The lowest BCUT2D eigenvalue weighted by molar-refractivity contribution is 0.194. The molecule has 0 unspecified atom stereocenters. The molecule has 26 heavy (non-hydrogen) atoms. The molecule has 0 saturated carbocycles. The second-order valence-electron chi connectivity index (χ2n) is 6.66. The van der Waals surface area contributed by atoms with Crippen molar-refractivity contribution in [1.82, 2.24) is 10.2 Å². The predicted octanol–water partition coefficient (Wildman–Crippen LogP) is 4.64. The van der Waals surface area contributed by atoms with Crippen molar-refractivity contribution in [2.24, 2.45) is 0 Å². The maximum absolute atomic E-state index is 12.4. The van der Waals surface area contributed by atoms with Crippen molar-refractivity contribution >= 4 is 34.9 Å². The maximum atomic E-state index is 12.4. The highest BCUT2D eigenvalue weighted by atomic mass is 35.5. The first-order valence-electron chi connectivity index (χ1n) is 8.73. The second-order valence-corrected chi connectivity index (χ2v) is 7.50. The lowest BCUT2D eigenvalue weighted by Gasteiger charge is -2.37. The van der Waals surface area contributed by atoms with Crippen LogP contribution in [0.5, 0.6) is 0 Å². The van der Waals surface area contributed by atoms with E-state index in [1.54, 1.807) is 12.1 Å². The van der Waals surface area contributed by atoms with Crippen molar-refractivity contribution in [3.05, 3.63) is 63.1 Å². The summed E-state index contributed by atoms with van der Waals surface area (Å²) in [6.45, 7) is 7.70. The number of rotatable bonds is 3. The smallest absolute Gasteiger partial charge is 0.317 e. The second kappa shape index (κ2) is 8.19. The third-order valence-electron chi connectivity index (χ3n) is 4.72.